The lowest BCUT2D eigenvalue weighted by Crippen LogP contribution is -2.58. The van der Waals surface area contributed by atoms with Crippen LogP contribution in [0.15, 0.2) is 29.8 Å². The summed E-state index contributed by atoms with van der Waals surface area (Å²) in [7, 11) is 0. The number of nitrogens with zero attached hydrogens (tertiary/aromatic N) is 2. The van der Waals surface area contributed by atoms with Crippen molar-refractivity contribution in [2.45, 2.75) is 65.8 Å². The van der Waals surface area contributed by atoms with Crippen LogP contribution in [0.4, 0.5) is 0 Å². The van der Waals surface area contributed by atoms with Crippen molar-refractivity contribution in [1.82, 2.24) is 20.5 Å². The van der Waals surface area contributed by atoms with Crippen molar-refractivity contribution in [2.75, 3.05) is 52.8 Å². The molecule has 1 aliphatic heterocycles. The molecule has 1 saturated heterocycles. The first-order chi connectivity index (χ1) is 21.9. The highest BCUT2D eigenvalue weighted by Crippen LogP contribution is 2.29. The van der Waals surface area contributed by atoms with E-state index in [0.717, 1.165) is 21.7 Å². The molecule has 2 heterocycles. The second kappa shape index (κ2) is 18.0. The summed E-state index contributed by atoms with van der Waals surface area (Å²) >= 11 is 1.57. The fourth-order valence-electron chi connectivity index (χ4n) is 4.96. The van der Waals surface area contributed by atoms with Gasteiger partial charge in [-0.05, 0) is 23.5 Å². The quantitative estimate of drug-likeness (QED) is 0.168. The Morgan fingerprint density at radius 3 is 2.28 bits per heavy atom. The Hall–Kier alpha value is -3.43. The summed E-state index contributed by atoms with van der Waals surface area (Å²) in [6.45, 7) is 9.92. The normalized spacial score (nSPS) is 17.0. The average molecular weight is 663 g/mol. The van der Waals surface area contributed by atoms with E-state index in [2.05, 4.69) is 15.6 Å². The fraction of sp³-hybridized carbons (Fsp3) is 0.594. The number of aryl methyl sites for hydroxylation is 1. The maximum absolute atomic E-state index is 13.9. The number of ether oxygens (including phenoxy) is 4. The molecule has 3 N–H and O–H groups in total. The number of aliphatic hydroxyl groups excluding tert-OH is 1. The number of hydrogen-bond acceptors (Lipinski definition) is 11. The zero-order valence-corrected chi connectivity index (χ0v) is 28.0. The molecule has 1 fully saturated rings. The molecule has 3 rings (SSSR count). The lowest BCUT2D eigenvalue weighted by atomic mass is 9.85. The third-order valence-electron chi connectivity index (χ3n) is 7.24. The van der Waals surface area contributed by atoms with Crippen molar-refractivity contribution in [3.05, 3.63) is 41.0 Å². The second-order valence-corrected chi connectivity index (χ2v) is 12.9. The molecule has 3 amide bonds. The van der Waals surface area contributed by atoms with Gasteiger partial charge in [0.1, 0.15) is 24.8 Å². The summed E-state index contributed by atoms with van der Waals surface area (Å²) in [6, 6.07) is 5.95. The van der Waals surface area contributed by atoms with Crippen LogP contribution in [0.5, 0.6) is 0 Å². The molecule has 3 atom stereocenters. The summed E-state index contributed by atoms with van der Waals surface area (Å²) in [4.78, 5) is 58.7. The first-order valence-corrected chi connectivity index (χ1v) is 16.2. The number of esters is 1. The van der Waals surface area contributed by atoms with Crippen LogP contribution in [0.3, 0.4) is 0 Å². The van der Waals surface area contributed by atoms with E-state index < -0.39 is 41.4 Å². The first-order valence-electron chi connectivity index (χ1n) is 15.3. The molecule has 254 valence electrons. The highest BCUT2D eigenvalue weighted by molar-refractivity contribution is 7.13. The van der Waals surface area contributed by atoms with Crippen LogP contribution >= 0.6 is 11.3 Å². The molecule has 2 aromatic rings. The van der Waals surface area contributed by atoms with E-state index in [0.29, 0.717) is 13.2 Å². The van der Waals surface area contributed by atoms with Gasteiger partial charge in [-0.3, -0.25) is 19.2 Å². The van der Waals surface area contributed by atoms with Gasteiger partial charge in [0.05, 0.1) is 62.3 Å². The Labute approximate surface area is 273 Å². The molecule has 0 spiro atoms. The number of thiazole rings is 1. The van der Waals surface area contributed by atoms with E-state index in [-0.39, 0.29) is 58.5 Å². The minimum Gasteiger partial charge on any atom is -0.461 e. The van der Waals surface area contributed by atoms with E-state index in [1.54, 1.807) is 16.8 Å². The van der Waals surface area contributed by atoms with Gasteiger partial charge in [0.25, 0.3) is 0 Å². The maximum atomic E-state index is 13.9. The first kappa shape index (κ1) is 37.0. The van der Waals surface area contributed by atoms with Crippen LogP contribution < -0.4 is 10.6 Å². The van der Waals surface area contributed by atoms with Gasteiger partial charge in [0.2, 0.25) is 17.7 Å². The van der Waals surface area contributed by atoms with Crippen LogP contribution in [0.1, 0.15) is 45.4 Å². The highest BCUT2D eigenvalue weighted by atomic mass is 32.1. The Kier molecular flexibility index (Phi) is 14.5. The summed E-state index contributed by atoms with van der Waals surface area (Å²) in [5.74, 6) is -1.83. The van der Waals surface area contributed by atoms with Gasteiger partial charge >= 0.3 is 5.97 Å². The molecule has 13 nitrogen and oxygen atoms in total. The van der Waals surface area contributed by atoms with Crippen LogP contribution in [0.25, 0.3) is 10.4 Å². The topological polar surface area (TPSA) is 166 Å². The number of carbonyl (C=O) groups excluding carboxylic acids is 4. The standard InChI is InChI=1S/C32H46N4O9S/c1-21-28(46-20-34-21)24-8-6-23(7-9-24)17-33-30(40)26-16-25(45-22(2)38)18-36(26)31(41)29(32(3,4)5)35-27(39)19-44-15-14-43-13-12-42-11-10-37/h6-9,20,25-26,29,37H,10-19H2,1-5H3,(H,33,40)(H,35,39)/t25-,26+,29-/m1/s1. The third-order valence-corrected chi connectivity index (χ3v) is 8.22. The van der Waals surface area contributed by atoms with E-state index in [4.69, 9.17) is 24.1 Å². The molecule has 0 bridgehead atoms. The maximum Gasteiger partial charge on any atom is 0.302 e. The zero-order chi connectivity index (χ0) is 33.7. The van der Waals surface area contributed by atoms with E-state index >= 15 is 0 Å². The molecule has 0 radical (unpaired) electrons. The monoisotopic (exact) mass is 662 g/mol. The number of hydrogen-bond donors (Lipinski definition) is 3. The molecular formula is C32H46N4O9S. The minimum absolute atomic E-state index is 0.0255. The predicted octanol–water partition coefficient (Wildman–Crippen LogP) is 1.84. The van der Waals surface area contributed by atoms with Crippen LogP contribution in [-0.2, 0) is 44.7 Å². The molecule has 0 unspecified atom stereocenters. The van der Waals surface area contributed by atoms with Crippen molar-refractivity contribution in [1.29, 1.82) is 0 Å². The van der Waals surface area contributed by atoms with E-state index in [1.165, 1.54) is 11.8 Å². The predicted molar refractivity (Wildman–Crippen MR) is 171 cm³/mol. The van der Waals surface area contributed by atoms with Gasteiger partial charge in [-0.25, -0.2) is 4.98 Å². The SMILES string of the molecule is CC(=O)O[C@@H]1C[C@@H](C(=O)NCc2ccc(-c3scnc3C)cc2)N(C(=O)[C@@H](NC(=O)COCCOCCOCCO)C(C)(C)C)C1. The van der Waals surface area contributed by atoms with E-state index in [1.807, 2.05) is 52.0 Å². The number of benzene rings is 1. The van der Waals surface area contributed by atoms with Crippen molar-refractivity contribution in [2.24, 2.45) is 5.41 Å². The van der Waals surface area contributed by atoms with Crippen molar-refractivity contribution >= 4 is 35.0 Å². The highest BCUT2D eigenvalue weighted by Gasteiger charge is 2.45. The Morgan fingerprint density at radius 2 is 1.70 bits per heavy atom. The molecule has 1 aromatic carbocycles. The van der Waals surface area contributed by atoms with Crippen LogP contribution in [0, 0.1) is 12.3 Å². The smallest absolute Gasteiger partial charge is 0.302 e. The van der Waals surface area contributed by atoms with Gasteiger partial charge in [0.15, 0.2) is 0 Å². The number of amides is 3. The number of nitrogens with one attached hydrogen (secondary N) is 2. The molecular weight excluding hydrogens is 616 g/mol. The lowest BCUT2D eigenvalue weighted by Gasteiger charge is -2.35. The van der Waals surface area contributed by atoms with Crippen LogP contribution in [-0.4, -0.2) is 110 Å². The molecule has 0 saturated carbocycles. The fourth-order valence-corrected chi connectivity index (χ4v) is 5.77. The molecule has 1 aromatic heterocycles. The Bertz CT molecular complexity index is 1300. The van der Waals surface area contributed by atoms with E-state index in [9.17, 15) is 19.2 Å². The number of aromatic nitrogens is 1. The second-order valence-electron chi connectivity index (χ2n) is 12.0. The van der Waals surface area contributed by atoms with Gasteiger partial charge < -0.3 is 39.6 Å². The van der Waals surface area contributed by atoms with Gasteiger partial charge in [0, 0.05) is 19.9 Å². The molecule has 1 aliphatic rings. The van der Waals surface area contributed by atoms with Crippen molar-refractivity contribution < 1.29 is 43.2 Å². The zero-order valence-electron chi connectivity index (χ0n) is 27.2. The van der Waals surface area contributed by atoms with Gasteiger partial charge in [-0.1, -0.05) is 45.0 Å². The van der Waals surface area contributed by atoms with Crippen LogP contribution in [0.2, 0.25) is 0 Å². The number of carbonyl (C=O) groups is 4. The third kappa shape index (κ3) is 11.4. The van der Waals surface area contributed by atoms with Gasteiger partial charge in [-0.15, -0.1) is 11.3 Å². The summed E-state index contributed by atoms with van der Waals surface area (Å²) in [5, 5.41) is 14.4. The summed E-state index contributed by atoms with van der Waals surface area (Å²) in [6.07, 6.45) is -0.521. The summed E-state index contributed by atoms with van der Waals surface area (Å²) in [5.41, 5.74) is 3.98. The molecule has 46 heavy (non-hydrogen) atoms. The number of aliphatic hydroxyl groups is 1. The Balaban J connectivity index is 1.60. The molecule has 0 aliphatic carbocycles. The van der Waals surface area contributed by atoms with Gasteiger partial charge in [-0.2, -0.15) is 0 Å². The largest absolute Gasteiger partial charge is 0.461 e. The molecule has 14 heteroatoms. The summed E-state index contributed by atoms with van der Waals surface area (Å²) < 4.78 is 21.2. The Morgan fingerprint density at radius 1 is 1.04 bits per heavy atom. The lowest BCUT2D eigenvalue weighted by molar-refractivity contribution is -0.147. The van der Waals surface area contributed by atoms with Crippen molar-refractivity contribution in [3.63, 3.8) is 0 Å². The van der Waals surface area contributed by atoms with Crippen molar-refractivity contribution in [3.8, 4) is 10.4 Å². The average Bonchev–Trinajstić information content (AvgIpc) is 3.63. The number of rotatable bonds is 17. The number of likely N-dealkylation sites (tertiary alicyclic amines) is 1. The minimum atomic E-state index is -0.974.